The van der Waals surface area contributed by atoms with Crippen molar-refractivity contribution >= 4 is 23.2 Å². The molecule has 5 heteroatoms. The van der Waals surface area contributed by atoms with Crippen LogP contribution in [-0.2, 0) is 13.5 Å². The summed E-state index contributed by atoms with van der Waals surface area (Å²) in [7, 11) is 1.79. The molecule has 0 bridgehead atoms. The number of aliphatic hydroxyl groups is 1. The monoisotopic (exact) mass is 298 g/mol. The summed E-state index contributed by atoms with van der Waals surface area (Å²) in [5.41, 5.74) is 3.53. The Hall–Kier alpha value is -1.03. The molecule has 0 saturated carbocycles. The zero-order chi connectivity index (χ0) is 14.2. The lowest BCUT2D eigenvalue weighted by Gasteiger charge is -2.12. The Bertz CT molecular complexity index is 587. The van der Waals surface area contributed by atoms with Crippen LogP contribution in [0, 0.1) is 13.8 Å². The van der Waals surface area contributed by atoms with Gasteiger partial charge < -0.3 is 5.11 Å². The molecule has 1 aromatic heterocycles. The molecule has 1 aromatic carbocycles. The van der Waals surface area contributed by atoms with E-state index in [-0.39, 0.29) is 0 Å². The third kappa shape index (κ3) is 3.11. The summed E-state index contributed by atoms with van der Waals surface area (Å²) in [5.74, 6) is 0. The summed E-state index contributed by atoms with van der Waals surface area (Å²) in [4.78, 5) is 0. The molecule has 102 valence electrons. The Morgan fingerprint density at radius 3 is 2.47 bits per heavy atom. The molecule has 2 aromatic rings. The van der Waals surface area contributed by atoms with Gasteiger partial charge in [-0.2, -0.15) is 5.10 Å². The van der Waals surface area contributed by atoms with E-state index < -0.39 is 6.10 Å². The number of hydrogen-bond donors (Lipinski definition) is 1. The van der Waals surface area contributed by atoms with E-state index in [0.717, 1.165) is 22.4 Å². The molecule has 0 aliphatic heterocycles. The first kappa shape index (κ1) is 14.4. The highest BCUT2D eigenvalue weighted by Gasteiger charge is 2.17. The van der Waals surface area contributed by atoms with Crippen LogP contribution in [0.1, 0.15) is 28.5 Å². The molecule has 0 spiro atoms. The Morgan fingerprint density at radius 1 is 1.26 bits per heavy atom. The van der Waals surface area contributed by atoms with E-state index in [1.54, 1.807) is 17.8 Å². The predicted molar refractivity (Wildman–Crippen MR) is 77.8 cm³/mol. The van der Waals surface area contributed by atoms with Crippen LogP contribution in [0.2, 0.25) is 10.2 Å². The second-order valence-corrected chi connectivity index (χ2v) is 5.55. The van der Waals surface area contributed by atoms with Crippen LogP contribution < -0.4 is 0 Å². The van der Waals surface area contributed by atoms with Crippen molar-refractivity contribution in [3.05, 3.63) is 50.8 Å². The molecule has 1 heterocycles. The minimum Gasteiger partial charge on any atom is -0.388 e. The standard InChI is InChI=1S/C14H16Cl2N2O/c1-8-4-10(6-11(15)5-8)13(19)7-12-9(2)17-18(3)14(12)16/h4-6,13,19H,7H2,1-3H3. The van der Waals surface area contributed by atoms with Gasteiger partial charge in [-0.15, -0.1) is 0 Å². The Labute approximate surface area is 122 Å². The highest BCUT2D eigenvalue weighted by molar-refractivity contribution is 6.30. The highest BCUT2D eigenvalue weighted by atomic mass is 35.5. The highest BCUT2D eigenvalue weighted by Crippen LogP contribution is 2.27. The minimum absolute atomic E-state index is 0.429. The van der Waals surface area contributed by atoms with Crippen molar-refractivity contribution < 1.29 is 5.11 Å². The molecular weight excluding hydrogens is 283 g/mol. The van der Waals surface area contributed by atoms with Crippen molar-refractivity contribution in [2.24, 2.45) is 7.05 Å². The van der Waals surface area contributed by atoms with Crippen LogP contribution >= 0.6 is 23.2 Å². The third-order valence-corrected chi connectivity index (χ3v) is 3.81. The smallest absolute Gasteiger partial charge is 0.130 e. The van der Waals surface area contributed by atoms with E-state index in [0.29, 0.717) is 16.6 Å². The number of aliphatic hydroxyl groups excluding tert-OH is 1. The van der Waals surface area contributed by atoms with Gasteiger partial charge in [0.05, 0.1) is 11.8 Å². The van der Waals surface area contributed by atoms with Gasteiger partial charge >= 0.3 is 0 Å². The van der Waals surface area contributed by atoms with Crippen molar-refractivity contribution in [2.45, 2.75) is 26.4 Å². The van der Waals surface area contributed by atoms with E-state index in [1.165, 1.54) is 0 Å². The average Bonchev–Trinajstić information content (AvgIpc) is 2.54. The van der Waals surface area contributed by atoms with E-state index in [2.05, 4.69) is 5.10 Å². The molecule has 19 heavy (non-hydrogen) atoms. The number of aromatic nitrogens is 2. The first-order valence-electron chi connectivity index (χ1n) is 6.01. The van der Waals surface area contributed by atoms with Crippen molar-refractivity contribution in [1.82, 2.24) is 9.78 Å². The lowest BCUT2D eigenvalue weighted by Crippen LogP contribution is -2.03. The lowest BCUT2D eigenvalue weighted by molar-refractivity contribution is 0.178. The molecule has 0 saturated heterocycles. The molecule has 0 aliphatic rings. The summed E-state index contributed by atoms with van der Waals surface area (Å²) in [6, 6.07) is 5.56. The first-order chi connectivity index (χ1) is 8.88. The molecule has 0 amide bonds. The van der Waals surface area contributed by atoms with Gasteiger partial charge in [0.15, 0.2) is 0 Å². The summed E-state index contributed by atoms with van der Waals surface area (Å²) < 4.78 is 1.61. The summed E-state index contributed by atoms with van der Waals surface area (Å²) >= 11 is 12.2. The molecule has 0 fully saturated rings. The van der Waals surface area contributed by atoms with Gasteiger partial charge in [0.25, 0.3) is 0 Å². The summed E-state index contributed by atoms with van der Waals surface area (Å²) in [6.45, 7) is 3.83. The second kappa shape index (κ2) is 5.53. The fourth-order valence-electron chi connectivity index (χ4n) is 2.17. The van der Waals surface area contributed by atoms with Gasteiger partial charge in [0, 0.05) is 24.1 Å². The van der Waals surface area contributed by atoms with Crippen LogP contribution in [0.4, 0.5) is 0 Å². The van der Waals surface area contributed by atoms with Gasteiger partial charge in [-0.3, -0.25) is 4.68 Å². The quantitative estimate of drug-likeness (QED) is 0.940. The number of benzene rings is 1. The topological polar surface area (TPSA) is 38.1 Å². The minimum atomic E-state index is -0.641. The third-order valence-electron chi connectivity index (χ3n) is 3.12. The van der Waals surface area contributed by atoms with Gasteiger partial charge in [-0.25, -0.2) is 0 Å². The van der Waals surface area contributed by atoms with E-state index in [9.17, 15) is 5.11 Å². The SMILES string of the molecule is Cc1cc(Cl)cc(C(O)Cc2c(C)nn(C)c2Cl)c1. The van der Waals surface area contributed by atoms with E-state index in [4.69, 9.17) is 23.2 Å². The second-order valence-electron chi connectivity index (χ2n) is 4.76. The lowest BCUT2D eigenvalue weighted by atomic mass is 10.0. The molecule has 1 N–H and O–H groups in total. The van der Waals surface area contributed by atoms with E-state index >= 15 is 0 Å². The summed E-state index contributed by atoms with van der Waals surface area (Å²) in [5, 5.41) is 15.8. The Morgan fingerprint density at radius 2 is 1.95 bits per heavy atom. The maximum absolute atomic E-state index is 10.3. The van der Waals surface area contributed by atoms with Crippen molar-refractivity contribution in [3.8, 4) is 0 Å². The molecule has 3 nitrogen and oxygen atoms in total. The van der Waals surface area contributed by atoms with Crippen LogP contribution in [0.5, 0.6) is 0 Å². The molecular formula is C14H16Cl2N2O. The fraction of sp³-hybridized carbons (Fsp3) is 0.357. The maximum atomic E-state index is 10.3. The average molecular weight is 299 g/mol. The van der Waals surface area contributed by atoms with E-state index in [1.807, 2.05) is 26.0 Å². The number of nitrogens with zero attached hydrogens (tertiary/aromatic N) is 2. The molecule has 2 rings (SSSR count). The number of halogens is 2. The predicted octanol–water partition coefficient (Wildman–Crippen LogP) is 3.62. The molecule has 0 radical (unpaired) electrons. The van der Waals surface area contributed by atoms with Gasteiger partial charge in [0.2, 0.25) is 0 Å². The fourth-order valence-corrected chi connectivity index (χ4v) is 2.72. The maximum Gasteiger partial charge on any atom is 0.130 e. The largest absolute Gasteiger partial charge is 0.388 e. The van der Waals surface area contributed by atoms with Gasteiger partial charge in [0.1, 0.15) is 5.15 Å². The zero-order valence-corrected chi connectivity index (χ0v) is 12.6. The normalized spacial score (nSPS) is 12.7. The van der Waals surface area contributed by atoms with Crippen LogP contribution in [0.25, 0.3) is 0 Å². The van der Waals surface area contributed by atoms with Crippen molar-refractivity contribution in [2.75, 3.05) is 0 Å². The first-order valence-corrected chi connectivity index (χ1v) is 6.77. The van der Waals surface area contributed by atoms with Crippen LogP contribution in [0.15, 0.2) is 18.2 Å². The van der Waals surface area contributed by atoms with Crippen molar-refractivity contribution in [1.29, 1.82) is 0 Å². The van der Waals surface area contributed by atoms with Crippen LogP contribution in [0.3, 0.4) is 0 Å². The zero-order valence-electron chi connectivity index (χ0n) is 11.1. The number of hydrogen-bond acceptors (Lipinski definition) is 2. The Balaban J connectivity index is 2.27. The Kier molecular flexibility index (Phi) is 4.19. The number of rotatable bonds is 3. The van der Waals surface area contributed by atoms with Gasteiger partial charge in [-0.05, 0) is 37.1 Å². The van der Waals surface area contributed by atoms with Crippen LogP contribution in [-0.4, -0.2) is 14.9 Å². The summed E-state index contributed by atoms with van der Waals surface area (Å²) in [6.07, 6.45) is -0.212. The molecule has 0 aliphatic carbocycles. The molecule has 1 atom stereocenters. The van der Waals surface area contributed by atoms with Crippen molar-refractivity contribution in [3.63, 3.8) is 0 Å². The van der Waals surface area contributed by atoms with Gasteiger partial charge in [-0.1, -0.05) is 29.3 Å². The number of aryl methyl sites for hydroxylation is 3. The molecule has 1 unspecified atom stereocenters.